The van der Waals surface area contributed by atoms with Crippen LogP contribution in [0.3, 0.4) is 0 Å². The Hall–Kier alpha value is -1.42. The zero-order valence-corrected chi connectivity index (χ0v) is 15.7. The van der Waals surface area contributed by atoms with E-state index in [9.17, 15) is 8.78 Å². The maximum atomic E-state index is 13.0. The molecule has 0 spiro atoms. The van der Waals surface area contributed by atoms with Crippen LogP contribution < -0.4 is 15.4 Å². The molecule has 8 heteroatoms. The van der Waals surface area contributed by atoms with Crippen LogP contribution in [0.25, 0.3) is 0 Å². The Kier molecular flexibility index (Phi) is 8.85. The molecule has 1 aromatic heterocycles. The van der Waals surface area contributed by atoms with E-state index in [1.165, 1.54) is 10.9 Å². The van der Waals surface area contributed by atoms with Gasteiger partial charge in [-0.25, -0.2) is 8.78 Å². The van der Waals surface area contributed by atoms with E-state index in [1.807, 2.05) is 17.5 Å². The number of guanidine groups is 1. The van der Waals surface area contributed by atoms with Crippen LogP contribution in [0.5, 0.6) is 5.75 Å². The van der Waals surface area contributed by atoms with Crippen LogP contribution in [0, 0.1) is 11.6 Å². The summed E-state index contributed by atoms with van der Waals surface area (Å²) in [5.74, 6) is -0.855. The third-order valence-corrected chi connectivity index (χ3v) is 3.66. The highest BCUT2D eigenvalue weighted by Gasteiger charge is 2.03. The summed E-state index contributed by atoms with van der Waals surface area (Å²) >= 11 is 1.67. The number of halogens is 3. The van der Waals surface area contributed by atoms with Gasteiger partial charge in [0, 0.05) is 18.0 Å². The molecule has 0 saturated heterocycles. The topological polar surface area (TPSA) is 45.7 Å². The highest BCUT2D eigenvalue weighted by atomic mass is 127. The molecule has 0 amide bonds. The molecule has 0 atom stereocenters. The molecule has 0 fully saturated rings. The van der Waals surface area contributed by atoms with Crippen LogP contribution in [0.2, 0.25) is 0 Å². The van der Waals surface area contributed by atoms with Crippen molar-refractivity contribution in [3.63, 3.8) is 0 Å². The van der Waals surface area contributed by atoms with E-state index in [2.05, 4.69) is 15.6 Å². The first-order chi connectivity index (χ1) is 10.7. The van der Waals surface area contributed by atoms with Crippen molar-refractivity contribution in [1.82, 2.24) is 10.6 Å². The molecular formula is C15H18F2IN3OS. The van der Waals surface area contributed by atoms with E-state index in [0.29, 0.717) is 31.4 Å². The van der Waals surface area contributed by atoms with Crippen molar-refractivity contribution in [3.05, 3.63) is 52.2 Å². The Morgan fingerprint density at radius 3 is 2.70 bits per heavy atom. The van der Waals surface area contributed by atoms with Gasteiger partial charge >= 0.3 is 0 Å². The zero-order chi connectivity index (χ0) is 15.8. The first-order valence-electron chi connectivity index (χ1n) is 6.74. The van der Waals surface area contributed by atoms with E-state index < -0.39 is 11.6 Å². The van der Waals surface area contributed by atoms with Gasteiger partial charge in [0.15, 0.2) is 17.6 Å². The maximum Gasteiger partial charge on any atom is 0.191 e. The van der Waals surface area contributed by atoms with E-state index in [0.717, 1.165) is 12.1 Å². The van der Waals surface area contributed by atoms with Gasteiger partial charge in [-0.15, -0.1) is 35.3 Å². The zero-order valence-electron chi connectivity index (χ0n) is 12.5. The van der Waals surface area contributed by atoms with Crippen LogP contribution >= 0.6 is 35.3 Å². The molecule has 126 valence electrons. The first-order valence-corrected chi connectivity index (χ1v) is 7.62. The van der Waals surface area contributed by atoms with Crippen molar-refractivity contribution in [2.45, 2.75) is 6.54 Å². The minimum Gasteiger partial charge on any atom is -0.492 e. The van der Waals surface area contributed by atoms with Crippen molar-refractivity contribution in [3.8, 4) is 5.75 Å². The molecule has 4 nitrogen and oxygen atoms in total. The third-order valence-electron chi connectivity index (χ3n) is 2.79. The second-order valence-corrected chi connectivity index (χ2v) is 5.39. The predicted octanol–water partition coefficient (Wildman–Crippen LogP) is 3.39. The molecule has 0 bridgehead atoms. The summed E-state index contributed by atoms with van der Waals surface area (Å²) < 4.78 is 31.1. The van der Waals surface area contributed by atoms with Gasteiger partial charge < -0.3 is 15.4 Å². The van der Waals surface area contributed by atoms with E-state index in [4.69, 9.17) is 4.74 Å². The quantitative estimate of drug-likeness (QED) is 0.305. The fourth-order valence-corrected chi connectivity index (χ4v) is 2.35. The Morgan fingerprint density at radius 1 is 1.22 bits per heavy atom. The molecule has 2 N–H and O–H groups in total. The van der Waals surface area contributed by atoms with Crippen LogP contribution in [-0.2, 0) is 6.54 Å². The van der Waals surface area contributed by atoms with Crippen molar-refractivity contribution < 1.29 is 13.5 Å². The summed E-state index contributed by atoms with van der Waals surface area (Å²) in [5, 5.41) is 8.27. The molecule has 23 heavy (non-hydrogen) atoms. The highest BCUT2D eigenvalue weighted by Crippen LogP contribution is 2.14. The Bertz CT molecular complexity index is 623. The van der Waals surface area contributed by atoms with Gasteiger partial charge in [0.05, 0.1) is 13.1 Å². The predicted molar refractivity (Wildman–Crippen MR) is 99.8 cm³/mol. The fourth-order valence-electron chi connectivity index (χ4n) is 1.71. The molecule has 2 aromatic rings. The molecule has 0 saturated carbocycles. The standard InChI is InChI=1S/C15H17F2N3OS.HI/c1-18-15(20-10-12-3-2-8-22-12)19-6-7-21-11-4-5-13(16)14(17)9-11;/h2-5,8-9H,6-7,10H2,1H3,(H2,18,19,20);1H. The van der Waals surface area contributed by atoms with Gasteiger partial charge in [0.1, 0.15) is 12.4 Å². The monoisotopic (exact) mass is 453 g/mol. The number of rotatable bonds is 6. The lowest BCUT2D eigenvalue weighted by Gasteiger charge is -2.12. The molecule has 0 aliphatic carbocycles. The van der Waals surface area contributed by atoms with Crippen molar-refractivity contribution >= 4 is 41.3 Å². The molecule has 0 aliphatic rings. The highest BCUT2D eigenvalue weighted by molar-refractivity contribution is 14.0. The minimum absolute atomic E-state index is 0. The summed E-state index contributed by atoms with van der Waals surface area (Å²) in [6.07, 6.45) is 0. The lowest BCUT2D eigenvalue weighted by Crippen LogP contribution is -2.38. The van der Waals surface area contributed by atoms with Gasteiger partial charge in [-0.1, -0.05) is 6.07 Å². The van der Waals surface area contributed by atoms with Crippen LogP contribution in [-0.4, -0.2) is 26.2 Å². The normalized spacial score (nSPS) is 10.8. The third kappa shape index (κ3) is 6.69. The molecule has 0 aliphatic heterocycles. The summed E-state index contributed by atoms with van der Waals surface area (Å²) in [5.41, 5.74) is 0. The molecule has 2 rings (SSSR count). The number of nitrogens with one attached hydrogen (secondary N) is 2. The summed E-state index contributed by atoms with van der Waals surface area (Å²) in [6.45, 7) is 1.50. The fraction of sp³-hybridized carbons (Fsp3) is 0.267. The smallest absolute Gasteiger partial charge is 0.191 e. The Balaban J connectivity index is 0.00000264. The van der Waals surface area contributed by atoms with E-state index in [1.54, 1.807) is 18.4 Å². The molecule has 0 unspecified atom stereocenters. The SMILES string of the molecule is CN=C(NCCOc1ccc(F)c(F)c1)NCc1cccs1.I. The minimum atomic E-state index is -0.918. The summed E-state index contributed by atoms with van der Waals surface area (Å²) in [6, 6.07) is 7.49. The summed E-state index contributed by atoms with van der Waals surface area (Å²) in [7, 11) is 1.68. The number of aliphatic imine (C=N–C) groups is 1. The van der Waals surface area contributed by atoms with Crippen LogP contribution in [0.1, 0.15) is 4.88 Å². The van der Waals surface area contributed by atoms with Gasteiger partial charge in [0.2, 0.25) is 0 Å². The van der Waals surface area contributed by atoms with Gasteiger partial charge in [-0.3, -0.25) is 4.99 Å². The number of ether oxygens (including phenoxy) is 1. The number of nitrogens with zero attached hydrogens (tertiary/aromatic N) is 1. The lowest BCUT2D eigenvalue weighted by molar-refractivity contribution is 0.318. The number of hydrogen-bond donors (Lipinski definition) is 2. The average molecular weight is 453 g/mol. The number of benzene rings is 1. The maximum absolute atomic E-state index is 13.0. The molecule has 0 radical (unpaired) electrons. The van der Waals surface area contributed by atoms with Gasteiger partial charge in [-0.05, 0) is 23.6 Å². The largest absolute Gasteiger partial charge is 0.492 e. The lowest BCUT2D eigenvalue weighted by atomic mass is 10.3. The molecule has 1 aromatic carbocycles. The van der Waals surface area contributed by atoms with Crippen LogP contribution in [0.4, 0.5) is 8.78 Å². The Labute approximate surface area is 155 Å². The Morgan fingerprint density at radius 2 is 2.04 bits per heavy atom. The van der Waals surface area contributed by atoms with Crippen molar-refractivity contribution in [2.24, 2.45) is 4.99 Å². The summed E-state index contributed by atoms with van der Waals surface area (Å²) in [4.78, 5) is 5.30. The van der Waals surface area contributed by atoms with E-state index in [-0.39, 0.29) is 24.0 Å². The van der Waals surface area contributed by atoms with Crippen LogP contribution in [0.15, 0.2) is 40.7 Å². The van der Waals surface area contributed by atoms with Gasteiger partial charge in [0.25, 0.3) is 0 Å². The first kappa shape index (κ1) is 19.6. The number of thiophene rings is 1. The van der Waals surface area contributed by atoms with Gasteiger partial charge in [-0.2, -0.15) is 0 Å². The molecule has 1 heterocycles. The second-order valence-electron chi connectivity index (χ2n) is 4.36. The van der Waals surface area contributed by atoms with Crippen molar-refractivity contribution in [2.75, 3.05) is 20.2 Å². The van der Waals surface area contributed by atoms with E-state index >= 15 is 0 Å². The average Bonchev–Trinajstić information content (AvgIpc) is 3.03. The second kappa shape index (κ2) is 10.4. The van der Waals surface area contributed by atoms with Crippen molar-refractivity contribution in [1.29, 1.82) is 0 Å². The molecular weight excluding hydrogens is 435 g/mol. The number of hydrogen-bond acceptors (Lipinski definition) is 3.